The molecule has 2 aromatic carbocycles. The molecule has 4 rings (SSSR count). The van der Waals surface area contributed by atoms with Crippen molar-refractivity contribution in [3.63, 3.8) is 0 Å². The summed E-state index contributed by atoms with van der Waals surface area (Å²) < 4.78 is 16.3. The normalized spacial score (nSPS) is 15.2. The molecule has 168 valence electrons. The molecule has 0 atom stereocenters. The molecule has 2 aliphatic heterocycles. The van der Waals surface area contributed by atoms with Crippen LogP contribution in [0.1, 0.15) is 39.1 Å². The highest BCUT2D eigenvalue weighted by Crippen LogP contribution is 2.31. The number of rotatable bonds is 6. The Balaban J connectivity index is 1.36. The van der Waals surface area contributed by atoms with Crippen LogP contribution in [0.2, 0.25) is 0 Å². The molecule has 0 spiro atoms. The predicted molar refractivity (Wildman–Crippen MR) is 118 cm³/mol. The molecule has 8 heteroatoms. The highest BCUT2D eigenvalue weighted by Gasteiger charge is 2.21. The first-order valence-corrected chi connectivity index (χ1v) is 10.7. The van der Waals surface area contributed by atoms with Crippen molar-refractivity contribution in [2.24, 2.45) is 0 Å². The van der Waals surface area contributed by atoms with Crippen LogP contribution in [0, 0.1) is 6.92 Å². The van der Waals surface area contributed by atoms with Gasteiger partial charge >= 0.3 is 0 Å². The molecule has 1 fully saturated rings. The maximum Gasteiger partial charge on any atom is 0.254 e. The van der Waals surface area contributed by atoms with E-state index in [1.165, 1.54) is 0 Å². The fraction of sp³-hybridized carbons (Fsp3) is 0.375. The molecule has 0 aromatic heterocycles. The number of hydrogen-bond acceptors (Lipinski definition) is 6. The lowest BCUT2D eigenvalue weighted by Crippen LogP contribution is -2.41. The molecule has 2 aromatic rings. The average Bonchev–Trinajstić information content (AvgIpc) is 2.83. The van der Waals surface area contributed by atoms with Crippen molar-refractivity contribution in [1.82, 2.24) is 4.90 Å². The van der Waals surface area contributed by atoms with Crippen molar-refractivity contribution in [2.45, 2.75) is 19.8 Å². The van der Waals surface area contributed by atoms with Gasteiger partial charge in [0.25, 0.3) is 5.91 Å². The van der Waals surface area contributed by atoms with Gasteiger partial charge in [-0.3, -0.25) is 14.4 Å². The van der Waals surface area contributed by atoms with E-state index in [2.05, 4.69) is 5.32 Å². The third-order valence-corrected chi connectivity index (χ3v) is 5.58. The van der Waals surface area contributed by atoms with Gasteiger partial charge in [0.15, 0.2) is 17.3 Å². The summed E-state index contributed by atoms with van der Waals surface area (Å²) >= 11 is 0. The Bertz CT molecular complexity index is 1030. The van der Waals surface area contributed by atoms with Crippen LogP contribution < -0.4 is 14.8 Å². The van der Waals surface area contributed by atoms with Gasteiger partial charge in [0.2, 0.25) is 5.91 Å². The smallest absolute Gasteiger partial charge is 0.254 e. The Kier molecular flexibility index (Phi) is 6.70. The van der Waals surface area contributed by atoms with Crippen molar-refractivity contribution < 1.29 is 28.6 Å². The molecular formula is C24H26N2O6. The zero-order valence-electron chi connectivity index (χ0n) is 18.0. The summed E-state index contributed by atoms with van der Waals surface area (Å²) in [5.74, 6) is 0.659. The van der Waals surface area contributed by atoms with Crippen molar-refractivity contribution in [3.05, 3.63) is 53.1 Å². The van der Waals surface area contributed by atoms with Gasteiger partial charge in [-0.1, -0.05) is 6.07 Å². The number of nitrogens with one attached hydrogen (secondary N) is 1. The Morgan fingerprint density at radius 2 is 1.69 bits per heavy atom. The minimum absolute atomic E-state index is 0.0361. The molecule has 1 N–H and O–H groups in total. The van der Waals surface area contributed by atoms with Gasteiger partial charge in [0.05, 0.1) is 13.2 Å². The van der Waals surface area contributed by atoms with Gasteiger partial charge in [-0.05, 0) is 42.8 Å². The number of nitrogens with zero attached hydrogens (tertiary/aromatic N) is 1. The van der Waals surface area contributed by atoms with Crippen LogP contribution >= 0.6 is 0 Å². The third kappa shape index (κ3) is 4.91. The maximum atomic E-state index is 12.8. The first kappa shape index (κ1) is 21.8. The van der Waals surface area contributed by atoms with Crippen LogP contribution in [0.5, 0.6) is 11.5 Å². The highest BCUT2D eigenvalue weighted by atomic mass is 16.6. The number of carbonyl (C=O) groups excluding carboxylic acids is 3. The Labute approximate surface area is 186 Å². The average molecular weight is 438 g/mol. The summed E-state index contributed by atoms with van der Waals surface area (Å²) in [5.41, 5.74) is 2.31. The molecule has 1 saturated heterocycles. The van der Waals surface area contributed by atoms with Crippen molar-refractivity contribution in [1.29, 1.82) is 0 Å². The lowest BCUT2D eigenvalue weighted by Gasteiger charge is -2.27. The quantitative estimate of drug-likeness (QED) is 0.697. The minimum atomic E-state index is -0.282. The van der Waals surface area contributed by atoms with E-state index < -0.39 is 0 Å². The van der Waals surface area contributed by atoms with E-state index in [4.69, 9.17) is 14.2 Å². The van der Waals surface area contributed by atoms with Crippen molar-refractivity contribution in [2.75, 3.05) is 44.8 Å². The minimum Gasteiger partial charge on any atom is -0.486 e. The van der Waals surface area contributed by atoms with E-state index in [1.54, 1.807) is 41.3 Å². The van der Waals surface area contributed by atoms with Gasteiger partial charge in [-0.25, -0.2) is 0 Å². The van der Waals surface area contributed by atoms with Gasteiger partial charge in [0.1, 0.15) is 13.2 Å². The highest BCUT2D eigenvalue weighted by molar-refractivity contribution is 6.02. The Hall–Kier alpha value is -3.39. The lowest BCUT2D eigenvalue weighted by molar-refractivity contribution is -0.116. The Morgan fingerprint density at radius 1 is 0.938 bits per heavy atom. The van der Waals surface area contributed by atoms with Crippen molar-refractivity contribution in [3.8, 4) is 11.5 Å². The number of Topliss-reactive ketones (excluding diaryl/α,β-unsaturated/α-hetero) is 1. The molecule has 2 aliphatic rings. The standard InChI is InChI=1S/C24H26N2O6/c1-16-18(24(29)26-9-11-30-12-10-26)3-2-4-19(16)25-23(28)8-6-20(27)17-5-7-21-22(15-17)32-14-13-31-21/h2-5,7,15H,6,8-14H2,1H3,(H,25,28). The number of anilines is 1. The number of amides is 2. The number of fused-ring (bicyclic) bond motifs is 1. The van der Waals surface area contributed by atoms with Gasteiger partial charge in [-0.15, -0.1) is 0 Å². The van der Waals surface area contributed by atoms with Crippen molar-refractivity contribution >= 4 is 23.3 Å². The van der Waals surface area contributed by atoms with Crippen LogP contribution in [-0.4, -0.2) is 62.0 Å². The van der Waals surface area contributed by atoms with Crippen LogP contribution in [0.15, 0.2) is 36.4 Å². The first-order valence-electron chi connectivity index (χ1n) is 10.7. The number of carbonyl (C=O) groups is 3. The topological polar surface area (TPSA) is 94.2 Å². The van der Waals surface area contributed by atoms with E-state index >= 15 is 0 Å². The number of benzene rings is 2. The molecular weight excluding hydrogens is 412 g/mol. The second-order valence-corrected chi connectivity index (χ2v) is 7.71. The summed E-state index contributed by atoms with van der Waals surface area (Å²) in [6, 6.07) is 10.3. The summed E-state index contributed by atoms with van der Waals surface area (Å²) in [6.07, 6.45) is 0.102. The van der Waals surface area contributed by atoms with Crippen LogP contribution in [-0.2, 0) is 9.53 Å². The zero-order chi connectivity index (χ0) is 22.5. The van der Waals surface area contributed by atoms with Gasteiger partial charge in [-0.2, -0.15) is 0 Å². The second-order valence-electron chi connectivity index (χ2n) is 7.71. The predicted octanol–water partition coefficient (Wildman–Crippen LogP) is 2.84. The number of hydrogen-bond donors (Lipinski definition) is 1. The largest absolute Gasteiger partial charge is 0.486 e. The second kappa shape index (κ2) is 9.82. The maximum absolute atomic E-state index is 12.8. The van der Waals surface area contributed by atoms with E-state index in [0.29, 0.717) is 73.4 Å². The first-order chi connectivity index (χ1) is 15.5. The molecule has 0 saturated carbocycles. The fourth-order valence-electron chi connectivity index (χ4n) is 3.74. The zero-order valence-corrected chi connectivity index (χ0v) is 18.0. The molecule has 0 unspecified atom stereocenters. The number of ketones is 1. The Morgan fingerprint density at radius 3 is 2.47 bits per heavy atom. The number of ether oxygens (including phenoxy) is 3. The van der Waals surface area contributed by atoms with E-state index in [-0.39, 0.29) is 30.4 Å². The summed E-state index contributed by atoms with van der Waals surface area (Å²) in [6.45, 7) is 4.90. The summed E-state index contributed by atoms with van der Waals surface area (Å²) in [4.78, 5) is 39.6. The number of morpholine rings is 1. The SMILES string of the molecule is Cc1c(NC(=O)CCC(=O)c2ccc3c(c2)OCCO3)cccc1C(=O)N1CCOCC1. The summed E-state index contributed by atoms with van der Waals surface area (Å²) in [7, 11) is 0. The fourth-order valence-corrected chi connectivity index (χ4v) is 3.74. The lowest BCUT2D eigenvalue weighted by atomic mass is 10.0. The van der Waals surface area contributed by atoms with Gasteiger partial charge < -0.3 is 24.4 Å². The molecule has 32 heavy (non-hydrogen) atoms. The van der Waals surface area contributed by atoms with E-state index in [9.17, 15) is 14.4 Å². The monoisotopic (exact) mass is 438 g/mol. The van der Waals surface area contributed by atoms with Crippen LogP contribution in [0.3, 0.4) is 0 Å². The molecule has 8 nitrogen and oxygen atoms in total. The van der Waals surface area contributed by atoms with E-state index in [0.717, 1.165) is 0 Å². The molecule has 0 radical (unpaired) electrons. The molecule has 2 heterocycles. The molecule has 2 amide bonds. The van der Waals surface area contributed by atoms with Crippen LogP contribution in [0.4, 0.5) is 5.69 Å². The van der Waals surface area contributed by atoms with E-state index in [1.807, 2.05) is 6.92 Å². The van der Waals surface area contributed by atoms with Crippen LogP contribution in [0.25, 0.3) is 0 Å². The summed E-state index contributed by atoms with van der Waals surface area (Å²) in [5, 5.41) is 2.83. The van der Waals surface area contributed by atoms with Gasteiger partial charge in [0, 0.05) is 42.7 Å². The third-order valence-electron chi connectivity index (χ3n) is 5.58. The molecule has 0 aliphatic carbocycles. The molecule has 0 bridgehead atoms.